The van der Waals surface area contributed by atoms with Gasteiger partial charge in [-0.2, -0.15) is 0 Å². The van der Waals surface area contributed by atoms with Crippen molar-refractivity contribution in [3.05, 3.63) is 119 Å². The number of fused-ring (bicyclic) bond motifs is 1. The average molecular weight is 399 g/mol. The quantitative estimate of drug-likeness (QED) is 0.446. The minimum atomic E-state index is -1.48. The molecule has 0 spiro atoms. The van der Waals surface area contributed by atoms with Gasteiger partial charge < -0.3 is 5.11 Å². The molecule has 0 radical (unpaired) electrons. The zero-order chi connectivity index (χ0) is 20.2. The molecule has 4 aromatic rings. The maximum absolute atomic E-state index is 13.4. The van der Waals surface area contributed by atoms with Crippen LogP contribution in [-0.4, -0.2) is 9.32 Å². The number of hydrogen-bond acceptors (Lipinski definition) is 2. The Bertz CT molecular complexity index is 1180. The maximum atomic E-state index is 13.4. The van der Waals surface area contributed by atoms with Crippen molar-refractivity contribution in [1.82, 2.24) is 0 Å². The summed E-state index contributed by atoms with van der Waals surface area (Å²) in [5.41, 5.74) is 2.74. The van der Waals surface area contributed by atoms with Crippen LogP contribution in [0.1, 0.15) is 22.8 Å². The SMILES string of the molecule is Cc1ccc(S(=O)/C(=C/c2ccccc2)[C@H](O)c2ccc3ccccc3c2)cc1. The molecule has 4 rings (SSSR count). The van der Waals surface area contributed by atoms with Crippen molar-refractivity contribution in [1.29, 1.82) is 0 Å². The average Bonchev–Trinajstić information content (AvgIpc) is 2.77. The summed E-state index contributed by atoms with van der Waals surface area (Å²) in [5, 5.41) is 13.4. The van der Waals surface area contributed by atoms with E-state index >= 15 is 0 Å². The van der Waals surface area contributed by atoms with E-state index in [2.05, 4.69) is 0 Å². The van der Waals surface area contributed by atoms with Gasteiger partial charge in [-0.25, -0.2) is 4.21 Å². The van der Waals surface area contributed by atoms with E-state index in [0.29, 0.717) is 9.80 Å². The summed E-state index contributed by atoms with van der Waals surface area (Å²) < 4.78 is 13.4. The highest BCUT2D eigenvalue weighted by atomic mass is 32.2. The van der Waals surface area contributed by atoms with Crippen molar-refractivity contribution in [2.45, 2.75) is 17.9 Å². The minimum Gasteiger partial charge on any atom is -0.383 e. The Hall–Kier alpha value is -3.01. The zero-order valence-electron chi connectivity index (χ0n) is 16.2. The summed E-state index contributed by atoms with van der Waals surface area (Å²) in [7, 11) is -1.48. The monoisotopic (exact) mass is 398 g/mol. The van der Waals surface area contributed by atoms with Crippen molar-refractivity contribution < 1.29 is 9.32 Å². The molecule has 0 saturated carbocycles. The number of hydrogen-bond donors (Lipinski definition) is 1. The molecule has 0 aliphatic heterocycles. The van der Waals surface area contributed by atoms with Crippen molar-refractivity contribution >= 4 is 27.6 Å². The van der Waals surface area contributed by atoms with Crippen LogP contribution in [0.3, 0.4) is 0 Å². The van der Waals surface area contributed by atoms with Crippen LogP contribution in [-0.2, 0) is 10.8 Å². The highest BCUT2D eigenvalue weighted by Crippen LogP contribution is 2.31. The van der Waals surface area contributed by atoms with Crippen molar-refractivity contribution in [3.8, 4) is 0 Å². The molecule has 0 aliphatic rings. The Labute approximate surface area is 173 Å². The Kier molecular flexibility index (Phi) is 5.70. The first-order valence-corrected chi connectivity index (χ1v) is 10.7. The number of benzene rings is 4. The summed E-state index contributed by atoms with van der Waals surface area (Å²) >= 11 is 0. The predicted octanol–water partition coefficient (Wildman–Crippen LogP) is 6.03. The Balaban J connectivity index is 1.79. The van der Waals surface area contributed by atoms with Gasteiger partial charge in [-0.3, -0.25) is 0 Å². The standard InChI is InChI=1S/C26H22O2S/c1-19-11-15-24(16-12-19)29(28)25(17-20-7-3-2-4-8-20)26(27)23-14-13-21-9-5-6-10-22(21)18-23/h2-18,26-27H,1H3/b25-17+/t26-,29?/m1/s1. The summed E-state index contributed by atoms with van der Waals surface area (Å²) in [4.78, 5) is 1.15. The lowest BCUT2D eigenvalue weighted by Gasteiger charge is -2.17. The molecule has 0 saturated heterocycles. The summed E-state index contributed by atoms with van der Waals surface area (Å²) in [6.07, 6.45) is 0.859. The summed E-state index contributed by atoms with van der Waals surface area (Å²) in [6, 6.07) is 31.2. The van der Waals surface area contributed by atoms with E-state index < -0.39 is 16.9 Å². The Morgan fingerprint density at radius 1 is 0.828 bits per heavy atom. The first-order chi connectivity index (χ1) is 14.1. The highest BCUT2D eigenvalue weighted by Gasteiger charge is 2.21. The van der Waals surface area contributed by atoms with Gasteiger partial charge in [0.15, 0.2) is 0 Å². The first-order valence-electron chi connectivity index (χ1n) is 9.54. The zero-order valence-corrected chi connectivity index (χ0v) is 17.0. The van der Waals surface area contributed by atoms with Crippen LogP contribution in [0.5, 0.6) is 0 Å². The third-order valence-electron chi connectivity index (χ3n) is 4.92. The van der Waals surface area contributed by atoms with Gasteiger partial charge in [0.05, 0.1) is 15.7 Å². The van der Waals surface area contributed by atoms with Crippen molar-refractivity contribution in [3.63, 3.8) is 0 Å². The molecule has 2 atom stereocenters. The van der Waals surface area contributed by atoms with E-state index in [-0.39, 0.29) is 0 Å². The fourth-order valence-electron chi connectivity index (χ4n) is 3.29. The van der Waals surface area contributed by atoms with E-state index in [1.165, 1.54) is 0 Å². The maximum Gasteiger partial charge on any atom is 0.113 e. The molecule has 4 aromatic carbocycles. The van der Waals surface area contributed by atoms with Gasteiger partial charge in [0, 0.05) is 4.90 Å². The molecular formula is C26H22O2S. The van der Waals surface area contributed by atoms with E-state index in [9.17, 15) is 9.32 Å². The molecule has 144 valence electrons. The molecule has 0 amide bonds. The van der Waals surface area contributed by atoms with Crippen LogP contribution in [0.4, 0.5) is 0 Å². The number of aliphatic hydroxyl groups excluding tert-OH is 1. The smallest absolute Gasteiger partial charge is 0.113 e. The molecule has 0 fully saturated rings. The molecule has 2 nitrogen and oxygen atoms in total. The number of rotatable bonds is 5. The van der Waals surface area contributed by atoms with Crippen LogP contribution >= 0.6 is 0 Å². The van der Waals surface area contributed by atoms with Crippen LogP contribution in [0.2, 0.25) is 0 Å². The molecule has 1 N–H and O–H groups in total. The van der Waals surface area contributed by atoms with Crippen molar-refractivity contribution in [2.75, 3.05) is 0 Å². The Morgan fingerprint density at radius 2 is 1.48 bits per heavy atom. The topological polar surface area (TPSA) is 37.3 Å². The lowest BCUT2D eigenvalue weighted by atomic mass is 10.0. The van der Waals surface area contributed by atoms with Crippen LogP contribution in [0, 0.1) is 6.92 Å². The molecule has 3 heteroatoms. The van der Waals surface area contributed by atoms with Gasteiger partial charge in [0.1, 0.15) is 6.10 Å². The minimum absolute atomic E-state index is 0.468. The molecule has 0 heterocycles. The fourth-order valence-corrected chi connectivity index (χ4v) is 4.52. The number of aryl methyl sites for hydroxylation is 1. The van der Waals surface area contributed by atoms with Crippen LogP contribution < -0.4 is 0 Å². The molecule has 0 bridgehead atoms. The van der Waals surface area contributed by atoms with Gasteiger partial charge in [-0.15, -0.1) is 0 Å². The summed E-state index contributed by atoms with van der Waals surface area (Å²) in [6.45, 7) is 2.00. The van der Waals surface area contributed by atoms with Crippen molar-refractivity contribution in [2.24, 2.45) is 0 Å². The fraction of sp³-hybridized carbons (Fsp3) is 0.0769. The van der Waals surface area contributed by atoms with E-state index in [1.54, 1.807) is 0 Å². The molecule has 0 aliphatic carbocycles. The lowest BCUT2D eigenvalue weighted by Crippen LogP contribution is -2.08. The lowest BCUT2D eigenvalue weighted by molar-refractivity contribution is 0.225. The number of aliphatic hydroxyl groups is 1. The normalized spacial score (nSPS) is 13.9. The van der Waals surface area contributed by atoms with Gasteiger partial charge in [-0.1, -0.05) is 84.4 Å². The second-order valence-corrected chi connectivity index (χ2v) is 8.53. The molecular weight excluding hydrogens is 376 g/mol. The molecule has 1 unspecified atom stereocenters. The van der Waals surface area contributed by atoms with Crippen LogP contribution in [0.15, 0.2) is 107 Å². The second-order valence-electron chi connectivity index (χ2n) is 7.05. The third kappa shape index (κ3) is 4.37. The van der Waals surface area contributed by atoms with Crippen LogP contribution in [0.25, 0.3) is 16.8 Å². The Morgan fingerprint density at radius 3 is 2.21 bits per heavy atom. The van der Waals surface area contributed by atoms with E-state index in [0.717, 1.165) is 27.5 Å². The third-order valence-corrected chi connectivity index (χ3v) is 6.39. The predicted molar refractivity (Wildman–Crippen MR) is 121 cm³/mol. The van der Waals surface area contributed by atoms with E-state index in [4.69, 9.17) is 0 Å². The second kappa shape index (κ2) is 8.56. The highest BCUT2D eigenvalue weighted by molar-refractivity contribution is 7.89. The largest absolute Gasteiger partial charge is 0.383 e. The van der Waals surface area contributed by atoms with Gasteiger partial charge in [0.2, 0.25) is 0 Å². The first kappa shape index (κ1) is 19.3. The summed E-state index contributed by atoms with van der Waals surface area (Å²) in [5.74, 6) is 0. The van der Waals surface area contributed by atoms with Gasteiger partial charge in [-0.05, 0) is 53.1 Å². The molecule has 0 aromatic heterocycles. The molecule has 29 heavy (non-hydrogen) atoms. The van der Waals surface area contributed by atoms with E-state index in [1.807, 2.05) is 110 Å². The van der Waals surface area contributed by atoms with Gasteiger partial charge >= 0.3 is 0 Å². The van der Waals surface area contributed by atoms with Gasteiger partial charge in [0.25, 0.3) is 0 Å².